The lowest BCUT2D eigenvalue weighted by molar-refractivity contribution is -0.137. The number of sulfonamides is 1. The van der Waals surface area contributed by atoms with Crippen LogP contribution < -0.4 is 9.64 Å². The van der Waals surface area contributed by atoms with Gasteiger partial charge in [-0.05, 0) is 37.1 Å². The summed E-state index contributed by atoms with van der Waals surface area (Å²) in [6.07, 6.45) is 1.38. The van der Waals surface area contributed by atoms with Crippen LogP contribution in [0.5, 0.6) is 5.75 Å². The molecule has 2 saturated heterocycles. The van der Waals surface area contributed by atoms with Gasteiger partial charge in [-0.2, -0.15) is 4.31 Å². The Labute approximate surface area is 214 Å². The third-order valence-corrected chi connectivity index (χ3v) is 10.1. The van der Waals surface area contributed by atoms with Crippen LogP contribution in [0.2, 0.25) is 5.02 Å². The molecule has 11 heteroatoms. The summed E-state index contributed by atoms with van der Waals surface area (Å²) < 4.78 is 33.9. The molecule has 3 heterocycles. The summed E-state index contributed by atoms with van der Waals surface area (Å²) in [4.78, 5) is 22.4. The molecule has 35 heavy (non-hydrogen) atoms. The molecule has 0 bridgehead atoms. The highest BCUT2D eigenvalue weighted by molar-refractivity contribution is 7.89. The second-order valence-electron chi connectivity index (χ2n) is 8.75. The summed E-state index contributed by atoms with van der Waals surface area (Å²) in [6, 6.07) is 12.1. The van der Waals surface area contributed by atoms with Crippen LogP contribution in [-0.2, 0) is 14.8 Å². The lowest BCUT2D eigenvalue weighted by Crippen LogP contribution is -2.53. The third kappa shape index (κ3) is 4.72. The number of thiazole rings is 1. The van der Waals surface area contributed by atoms with Crippen LogP contribution in [0.4, 0.5) is 5.13 Å². The van der Waals surface area contributed by atoms with Gasteiger partial charge in [0.05, 0.1) is 27.6 Å². The average Bonchev–Trinajstić information content (AvgIpc) is 3.36. The van der Waals surface area contributed by atoms with Crippen molar-refractivity contribution in [1.29, 1.82) is 0 Å². The lowest BCUT2D eigenvalue weighted by atomic mass is 9.98. The summed E-state index contributed by atoms with van der Waals surface area (Å²) in [7, 11) is -1.99. The summed E-state index contributed by atoms with van der Waals surface area (Å²) in [5.74, 6) is 0.402. The highest BCUT2D eigenvalue weighted by atomic mass is 35.5. The molecule has 0 N–H and O–H groups in total. The van der Waals surface area contributed by atoms with E-state index in [2.05, 4.69) is 4.90 Å². The molecular weight excluding hydrogens is 508 g/mol. The van der Waals surface area contributed by atoms with E-state index in [0.717, 1.165) is 15.3 Å². The Morgan fingerprint density at radius 2 is 1.83 bits per heavy atom. The van der Waals surface area contributed by atoms with E-state index in [-0.39, 0.29) is 23.3 Å². The molecule has 2 aromatic carbocycles. The molecular formula is C24H27ClN4O4S2. The molecule has 2 aliphatic rings. The number of aromatic nitrogens is 1. The smallest absolute Gasteiger partial charge is 0.243 e. The maximum Gasteiger partial charge on any atom is 0.243 e. The molecule has 1 atom stereocenters. The van der Waals surface area contributed by atoms with Crippen molar-refractivity contribution >= 4 is 54.2 Å². The van der Waals surface area contributed by atoms with Crippen molar-refractivity contribution in [3.63, 3.8) is 0 Å². The summed E-state index contributed by atoms with van der Waals surface area (Å²) in [5.41, 5.74) is 0.750. The van der Waals surface area contributed by atoms with Crippen molar-refractivity contribution in [2.24, 2.45) is 5.92 Å². The predicted octanol–water partition coefficient (Wildman–Crippen LogP) is 3.71. The first-order valence-electron chi connectivity index (χ1n) is 11.6. The zero-order valence-corrected chi connectivity index (χ0v) is 21.8. The standard InChI is InChI=1S/C24H27ClN4O4S2/c1-33-20-10-9-19(25)22-21(20)26-24(34-22)28-14-12-27(13-15-28)23(30)17-6-5-11-29(16-17)35(31,32)18-7-3-2-4-8-18/h2-4,7-10,17H,5-6,11-16H2,1H3. The van der Waals surface area contributed by atoms with E-state index >= 15 is 0 Å². The van der Waals surface area contributed by atoms with Gasteiger partial charge in [0, 0.05) is 39.3 Å². The topological polar surface area (TPSA) is 83.0 Å². The Balaban J connectivity index is 1.24. The maximum atomic E-state index is 13.3. The highest BCUT2D eigenvalue weighted by Gasteiger charge is 2.36. The number of benzene rings is 2. The molecule has 0 radical (unpaired) electrons. The third-order valence-electron chi connectivity index (χ3n) is 6.64. The van der Waals surface area contributed by atoms with Crippen molar-refractivity contribution < 1.29 is 17.9 Å². The van der Waals surface area contributed by atoms with Gasteiger partial charge in [0.2, 0.25) is 15.9 Å². The lowest BCUT2D eigenvalue weighted by Gasteiger charge is -2.38. The Bertz CT molecular complexity index is 1320. The van der Waals surface area contributed by atoms with Crippen LogP contribution in [0.25, 0.3) is 10.2 Å². The molecule has 0 spiro atoms. The van der Waals surface area contributed by atoms with Crippen molar-refractivity contribution in [2.75, 3.05) is 51.3 Å². The Kier molecular flexibility index (Phi) is 6.89. The van der Waals surface area contributed by atoms with Gasteiger partial charge in [0.1, 0.15) is 11.3 Å². The van der Waals surface area contributed by atoms with Crippen LogP contribution >= 0.6 is 22.9 Å². The molecule has 2 fully saturated rings. The van der Waals surface area contributed by atoms with Gasteiger partial charge in [-0.1, -0.05) is 41.1 Å². The number of halogens is 1. The van der Waals surface area contributed by atoms with Crippen LogP contribution in [0, 0.1) is 5.92 Å². The molecule has 0 aliphatic carbocycles. The minimum absolute atomic E-state index is 0.0339. The van der Waals surface area contributed by atoms with Gasteiger partial charge in [0.25, 0.3) is 0 Å². The van der Waals surface area contributed by atoms with Gasteiger partial charge < -0.3 is 14.5 Å². The molecule has 1 amide bonds. The second-order valence-corrected chi connectivity index (χ2v) is 12.1. The van der Waals surface area contributed by atoms with E-state index in [1.165, 1.54) is 15.6 Å². The van der Waals surface area contributed by atoms with E-state index in [4.69, 9.17) is 21.3 Å². The Hall–Kier alpha value is -2.40. The van der Waals surface area contributed by atoms with E-state index < -0.39 is 10.0 Å². The zero-order chi connectivity index (χ0) is 24.6. The zero-order valence-electron chi connectivity index (χ0n) is 19.4. The first kappa shape index (κ1) is 24.3. The number of fused-ring (bicyclic) bond motifs is 1. The first-order valence-corrected chi connectivity index (χ1v) is 14.2. The van der Waals surface area contributed by atoms with Crippen LogP contribution in [0.3, 0.4) is 0 Å². The number of hydrogen-bond acceptors (Lipinski definition) is 7. The number of anilines is 1. The number of piperazine rings is 1. The molecule has 1 aromatic heterocycles. The number of ether oxygens (including phenoxy) is 1. The maximum absolute atomic E-state index is 13.3. The fourth-order valence-electron chi connectivity index (χ4n) is 4.72. The van der Waals surface area contributed by atoms with Gasteiger partial charge >= 0.3 is 0 Å². The number of hydrogen-bond donors (Lipinski definition) is 0. The molecule has 2 aliphatic heterocycles. The summed E-state index contributed by atoms with van der Waals surface area (Å²) in [5, 5.41) is 1.50. The molecule has 8 nitrogen and oxygen atoms in total. The number of piperidine rings is 1. The number of nitrogens with zero attached hydrogens (tertiary/aromatic N) is 4. The normalized spacial score (nSPS) is 19.8. The molecule has 186 valence electrons. The second kappa shape index (κ2) is 9.93. The summed E-state index contributed by atoms with van der Waals surface area (Å²) >= 11 is 7.89. The van der Waals surface area contributed by atoms with Crippen molar-refractivity contribution in [2.45, 2.75) is 17.7 Å². The SMILES string of the molecule is COc1ccc(Cl)c2sc(N3CCN(C(=O)C4CCCN(S(=O)(=O)c5ccccc5)C4)CC3)nc12. The average molecular weight is 535 g/mol. The van der Waals surface area contributed by atoms with Crippen LogP contribution in [-0.4, -0.2) is 74.9 Å². The fourth-order valence-corrected chi connectivity index (χ4v) is 7.57. The van der Waals surface area contributed by atoms with Crippen molar-refractivity contribution in [3.8, 4) is 5.75 Å². The van der Waals surface area contributed by atoms with Crippen LogP contribution in [0.1, 0.15) is 12.8 Å². The number of methoxy groups -OCH3 is 1. The van der Waals surface area contributed by atoms with Crippen molar-refractivity contribution in [1.82, 2.24) is 14.2 Å². The van der Waals surface area contributed by atoms with Crippen molar-refractivity contribution in [3.05, 3.63) is 47.5 Å². The minimum atomic E-state index is -3.60. The van der Waals surface area contributed by atoms with Gasteiger partial charge in [-0.25, -0.2) is 13.4 Å². The monoisotopic (exact) mass is 534 g/mol. The van der Waals surface area contributed by atoms with Gasteiger partial charge in [0.15, 0.2) is 5.13 Å². The van der Waals surface area contributed by atoms with Gasteiger partial charge in [-0.15, -0.1) is 0 Å². The van der Waals surface area contributed by atoms with Crippen LogP contribution in [0.15, 0.2) is 47.4 Å². The number of carbonyl (C=O) groups is 1. The van der Waals surface area contributed by atoms with E-state index in [0.29, 0.717) is 56.3 Å². The van der Waals surface area contributed by atoms with E-state index in [9.17, 15) is 13.2 Å². The molecule has 5 rings (SSSR count). The molecule has 0 saturated carbocycles. The quantitative estimate of drug-likeness (QED) is 0.496. The van der Waals surface area contributed by atoms with Gasteiger partial charge in [-0.3, -0.25) is 4.79 Å². The predicted molar refractivity (Wildman–Crippen MR) is 138 cm³/mol. The number of carbonyl (C=O) groups excluding carboxylic acids is 1. The number of rotatable bonds is 5. The van der Waals surface area contributed by atoms with E-state index in [1.807, 2.05) is 17.0 Å². The molecule has 3 aromatic rings. The minimum Gasteiger partial charge on any atom is -0.494 e. The Morgan fingerprint density at radius 1 is 1.09 bits per heavy atom. The Morgan fingerprint density at radius 3 is 2.54 bits per heavy atom. The number of amides is 1. The highest BCUT2D eigenvalue weighted by Crippen LogP contribution is 2.39. The summed E-state index contributed by atoms with van der Waals surface area (Å²) in [6.45, 7) is 3.13. The first-order chi connectivity index (χ1) is 16.9. The fraction of sp³-hybridized carbons (Fsp3) is 0.417. The largest absolute Gasteiger partial charge is 0.494 e. The molecule has 1 unspecified atom stereocenters. The van der Waals surface area contributed by atoms with E-state index in [1.54, 1.807) is 37.4 Å².